The van der Waals surface area contributed by atoms with E-state index in [1.165, 1.54) is 6.92 Å². The van der Waals surface area contributed by atoms with E-state index in [0.717, 1.165) is 25.0 Å². The molecule has 27 heavy (non-hydrogen) atoms. The maximum atomic E-state index is 13.0. The van der Waals surface area contributed by atoms with E-state index in [9.17, 15) is 14.7 Å². The average Bonchev–Trinajstić information content (AvgIpc) is 2.95. The number of rotatable bonds is 1. The van der Waals surface area contributed by atoms with Gasteiger partial charge in [0, 0.05) is 61.1 Å². The molecule has 3 aliphatic heterocycles. The molecule has 1 N–H and O–H groups in total. The van der Waals surface area contributed by atoms with Crippen molar-refractivity contribution in [3.63, 3.8) is 0 Å². The van der Waals surface area contributed by atoms with E-state index in [0.29, 0.717) is 37.0 Å². The van der Waals surface area contributed by atoms with Gasteiger partial charge in [0.05, 0.1) is 6.10 Å². The van der Waals surface area contributed by atoms with Crippen molar-refractivity contribution in [3.05, 3.63) is 12.2 Å². The first-order valence-electron chi connectivity index (χ1n) is 10.5. The Morgan fingerprint density at radius 2 is 2.07 bits per heavy atom. The zero-order chi connectivity index (χ0) is 18.7. The second-order valence-electron chi connectivity index (χ2n) is 11.2. The summed E-state index contributed by atoms with van der Waals surface area (Å²) in [5, 5.41) is 11.4. The molecule has 0 aromatic rings. The Labute approximate surface area is 159 Å². The summed E-state index contributed by atoms with van der Waals surface area (Å²) in [6.45, 7) is 9.08. The van der Waals surface area contributed by atoms with Crippen LogP contribution in [0.2, 0.25) is 0 Å². The summed E-state index contributed by atoms with van der Waals surface area (Å²) >= 11 is 0. The number of aliphatic hydroxyl groups is 1. The van der Waals surface area contributed by atoms with Gasteiger partial charge in [0.15, 0.2) is 0 Å². The van der Waals surface area contributed by atoms with Crippen LogP contribution in [0.5, 0.6) is 0 Å². The molecule has 144 valence electrons. The van der Waals surface area contributed by atoms with Crippen LogP contribution >= 0.6 is 0 Å². The normalized spacial score (nSPS) is 66.0. The maximum Gasteiger partial charge on any atom is 0.303 e. The second kappa shape index (κ2) is 3.93. The summed E-state index contributed by atoms with van der Waals surface area (Å²) in [5.41, 5.74) is -0.00331. The molecule has 6 aliphatic carbocycles. The third kappa shape index (κ3) is 1.20. The molecule has 6 saturated carbocycles. The number of piperidine rings is 2. The molecule has 9 rings (SSSR count). The van der Waals surface area contributed by atoms with Crippen molar-refractivity contribution >= 4 is 11.8 Å². The third-order valence-electron chi connectivity index (χ3n) is 10.4. The predicted molar refractivity (Wildman–Crippen MR) is 95.5 cm³/mol. The number of fused-ring (bicyclic) bond motifs is 1. The van der Waals surface area contributed by atoms with Gasteiger partial charge in [-0.1, -0.05) is 19.1 Å². The van der Waals surface area contributed by atoms with Crippen molar-refractivity contribution in [1.29, 1.82) is 0 Å². The fourth-order valence-corrected chi connectivity index (χ4v) is 10.7. The van der Waals surface area contributed by atoms with Gasteiger partial charge in [-0.25, -0.2) is 0 Å². The minimum atomic E-state index is -0.597. The van der Waals surface area contributed by atoms with Crippen molar-refractivity contribution in [2.45, 2.75) is 69.7 Å². The first-order chi connectivity index (χ1) is 12.7. The average molecular weight is 369 g/mol. The number of ether oxygens (including phenoxy) is 1. The number of hydrogen-bond acceptors (Lipinski definition) is 5. The molecule has 0 amide bonds. The monoisotopic (exact) mass is 369 g/mol. The van der Waals surface area contributed by atoms with E-state index in [2.05, 4.69) is 18.4 Å². The van der Waals surface area contributed by atoms with Crippen LogP contribution in [0.1, 0.15) is 46.0 Å². The lowest BCUT2D eigenvalue weighted by molar-refractivity contribution is -0.267. The largest absolute Gasteiger partial charge is 0.458 e. The van der Waals surface area contributed by atoms with Crippen LogP contribution in [0.4, 0.5) is 0 Å². The topological polar surface area (TPSA) is 66.8 Å². The van der Waals surface area contributed by atoms with Gasteiger partial charge < -0.3 is 9.84 Å². The Balaban J connectivity index is 1.57. The quantitative estimate of drug-likeness (QED) is 0.563. The molecule has 5 nitrogen and oxygen atoms in total. The third-order valence-corrected chi connectivity index (χ3v) is 10.4. The zero-order valence-electron chi connectivity index (χ0n) is 16.0. The summed E-state index contributed by atoms with van der Waals surface area (Å²) in [6, 6.07) is 0.661. The van der Waals surface area contributed by atoms with Gasteiger partial charge in [-0.05, 0) is 30.6 Å². The Morgan fingerprint density at radius 1 is 1.30 bits per heavy atom. The molecule has 0 aromatic carbocycles. The van der Waals surface area contributed by atoms with Crippen LogP contribution in [-0.4, -0.2) is 52.1 Å². The zero-order valence-corrected chi connectivity index (χ0v) is 16.0. The van der Waals surface area contributed by atoms with E-state index in [1.807, 2.05) is 0 Å². The summed E-state index contributed by atoms with van der Waals surface area (Å²) in [7, 11) is 0. The molecule has 2 spiro atoms. The molecular formula is C22H27NO4. The van der Waals surface area contributed by atoms with Crippen LogP contribution in [0.25, 0.3) is 0 Å². The fourth-order valence-electron chi connectivity index (χ4n) is 10.7. The van der Waals surface area contributed by atoms with Crippen molar-refractivity contribution in [1.82, 2.24) is 4.90 Å². The standard InChI is InChI=1S/C22H27NO4/c1-10-4-20-8-14-17-19(3)5-12(25)6-21(17)18(23(14)9-19)15(20)16(26)13(10)7-22(20,21)27-11(2)24/h13-18,26H,1,4-9H2,2-3H3/t13-,14-,15+,16+,17+,18+,19-,20-,21+,22-/m0/s1. The number of esters is 1. The second-order valence-corrected chi connectivity index (χ2v) is 11.2. The number of hydrogen-bond donors (Lipinski definition) is 1. The summed E-state index contributed by atoms with van der Waals surface area (Å²) in [6.07, 6.45) is 3.28. The van der Waals surface area contributed by atoms with Crippen LogP contribution in [0.15, 0.2) is 12.2 Å². The Kier molecular flexibility index (Phi) is 2.28. The number of ketones is 1. The molecule has 9 fully saturated rings. The Bertz CT molecular complexity index is 868. The van der Waals surface area contributed by atoms with E-state index >= 15 is 0 Å². The number of carbonyl (C=O) groups excluding carboxylic acids is 2. The highest BCUT2D eigenvalue weighted by Crippen LogP contribution is 2.88. The van der Waals surface area contributed by atoms with E-state index in [1.54, 1.807) is 0 Å². The van der Waals surface area contributed by atoms with E-state index in [4.69, 9.17) is 4.74 Å². The molecule has 1 unspecified atom stereocenters. The van der Waals surface area contributed by atoms with Crippen LogP contribution in [-0.2, 0) is 14.3 Å². The molecule has 9 bridgehead atoms. The minimum absolute atomic E-state index is 0.00312. The van der Waals surface area contributed by atoms with Gasteiger partial charge in [0.2, 0.25) is 0 Å². The highest BCUT2D eigenvalue weighted by atomic mass is 16.6. The molecular weight excluding hydrogens is 342 g/mol. The van der Waals surface area contributed by atoms with Gasteiger partial charge in [-0.15, -0.1) is 0 Å². The van der Waals surface area contributed by atoms with Gasteiger partial charge >= 0.3 is 5.97 Å². The summed E-state index contributed by atoms with van der Waals surface area (Å²) in [4.78, 5) is 28.1. The van der Waals surface area contributed by atoms with Gasteiger partial charge in [-0.2, -0.15) is 0 Å². The van der Waals surface area contributed by atoms with Crippen LogP contribution < -0.4 is 0 Å². The molecule has 0 aromatic heterocycles. The van der Waals surface area contributed by atoms with Gasteiger partial charge in [-0.3, -0.25) is 14.5 Å². The minimum Gasteiger partial charge on any atom is -0.458 e. The first-order valence-corrected chi connectivity index (χ1v) is 10.5. The van der Waals surface area contributed by atoms with E-state index in [-0.39, 0.29) is 40.1 Å². The van der Waals surface area contributed by atoms with Crippen molar-refractivity contribution in [2.75, 3.05) is 6.54 Å². The molecule has 3 saturated heterocycles. The molecule has 0 radical (unpaired) electrons. The number of Topliss-reactive ketones (excluding diaryl/α,β-unsaturated/α-hetero) is 1. The molecule has 5 heteroatoms. The highest BCUT2D eigenvalue weighted by molar-refractivity contribution is 5.83. The van der Waals surface area contributed by atoms with Crippen LogP contribution in [0.3, 0.4) is 0 Å². The summed E-state index contributed by atoms with van der Waals surface area (Å²) in [5.74, 6) is 0.614. The highest BCUT2D eigenvalue weighted by Gasteiger charge is 2.95. The van der Waals surface area contributed by atoms with Crippen LogP contribution in [0, 0.1) is 34.0 Å². The maximum absolute atomic E-state index is 13.0. The lowest BCUT2D eigenvalue weighted by Gasteiger charge is -2.68. The van der Waals surface area contributed by atoms with E-state index < -0.39 is 11.7 Å². The van der Waals surface area contributed by atoms with Crippen molar-refractivity contribution in [2.24, 2.45) is 34.0 Å². The Morgan fingerprint density at radius 3 is 2.81 bits per heavy atom. The Hall–Kier alpha value is -1.20. The first kappa shape index (κ1) is 15.7. The fraction of sp³-hybridized carbons (Fsp3) is 0.818. The number of carbonyl (C=O) groups is 2. The van der Waals surface area contributed by atoms with Crippen molar-refractivity contribution < 1.29 is 19.4 Å². The van der Waals surface area contributed by atoms with Crippen molar-refractivity contribution in [3.8, 4) is 0 Å². The van der Waals surface area contributed by atoms with Gasteiger partial charge in [0.25, 0.3) is 0 Å². The SMILES string of the molecule is C=C1C[C@]23C[C@H]4[C@@H]5[C@@]6(C)CC(=O)C[C@]57[C@@H]([C@H]2[C@H](O)[C@H]1C[C@]37OC(C)=O)N4C6. The molecule has 11 atom stereocenters. The lowest BCUT2D eigenvalue weighted by Crippen LogP contribution is -2.73. The number of aliphatic hydroxyl groups excluding tert-OH is 1. The summed E-state index contributed by atoms with van der Waals surface area (Å²) < 4.78 is 6.41. The number of nitrogens with zero attached hydrogens (tertiary/aromatic N) is 1. The lowest BCUT2D eigenvalue weighted by atomic mass is 9.38. The molecule has 3 heterocycles. The van der Waals surface area contributed by atoms with Gasteiger partial charge in [0.1, 0.15) is 11.4 Å². The smallest absolute Gasteiger partial charge is 0.303 e. The molecule has 9 aliphatic rings. The predicted octanol–water partition coefficient (Wildman–Crippen LogP) is 1.69.